The molecule has 0 radical (unpaired) electrons. The second-order valence-corrected chi connectivity index (χ2v) is 8.92. The maximum atomic E-state index is 12.5. The van der Waals surface area contributed by atoms with Crippen LogP contribution in [0.25, 0.3) is 0 Å². The largest absolute Gasteiger partial charge is 0.444 e. The van der Waals surface area contributed by atoms with Gasteiger partial charge in [-0.05, 0) is 53.4 Å². The molecule has 2 aliphatic heterocycles. The van der Waals surface area contributed by atoms with Gasteiger partial charge in [-0.3, -0.25) is 4.90 Å². The van der Waals surface area contributed by atoms with Crippen molar-refractivity contribution in [2.24, 2.45) is 0 Å². The van der Waals surface area contributed by atoms with Crippen LogP contribution < -0.4 is 5.32 Å². The minimum Gasteiger partial charge on any atom is -0.444 e. The Kier molecular flexibility index (Phi) is 5.91. The second kappa shape index (κ2) is 7.80. The molecule has 2 heterocycles. The molecule has 6 nitrogen and oxygen atoms in total. The van der Waals surface area contributed by atoms with Crippen LogP contribution in [-0.4, -0.2) is 78.5 Å². The molecule has 1 N–H and O–H groups in total. The van der Waals surface area contributed by atoms with Crippen molar-refractivity contribution >= 4 is 6.09 Å². The molecule has 2 saturated heterocycles. The molecule has 0 aromatic heterocycles. The summed E-state index contributed by atoms with van der Waals surface area (Å²) in [6.07, 6.45) is 4.68. The molecule has 0 aromatic carbocycles. The number of hydrogen-bond donors (Lipinski definition) is 1. The summed E-state index contributed by atoms with van der Waals surface area (Å²) in [5.41, 5.74) is -0.458. The van der Waals surface area contributed by atoms with Gasteiger partial charge in [0.1, 0.15) is 5.60 Å². The Balaban J connectivity index is 1.48. The van der Waals surface area contributed by atoms with Gasteiger partial charge in [-0.1, -0.05) is 0 Å². The Hall–Kier alpha value is -0.850. The monoisotopic (exact) mass is 353 g/mol. The van der Waals surface area contributed by atoms with Crippen molar-refractivity contribution in [1.29, 1.82) is 0 Å². The summed E-state index contributed by atoms with van der Waals surface area (Å²) in [5.74, 6) is 0. The number of morpholine rings is 1. The smallest absolute Gasteiger partial charge is 0.410 e. The van der Waals surface area contributed by atoms with Crippen LogP contribution in [0.1, 0.15) is 53.4 Å². The van der Waals surface area contributed by atoms with Crippen LogP contribution in [0.2, 0.25) is 0 Å². The van der Waals surface area contributed by atoms with E-state index < -0.39 is 5.60 Å². The Morgan fingerprint density at radius 3 is 2.72 bits per heavy atom. The van der Waals surface area contributed by atoms with Gasteiger partial charge >= 0.3 is 6.09 Å². The van der Waals surface area contributed by atoms with E-state index in [1.54, 1.807) is 0 Å². The van der Waals surface area contributed by atoms with Crippen molar-refractivity contribution in [3.8, 4) is 0 Å². The van der Waals surface area contributed by atoms with E-state index in [-0.39, 0.29) is 12.1 Å². The number of likely N-dealkylation sites (tertiary alicyclic amines) is 1. The number of hydrogen-bond acceptors (Lipinski definition) is 5. The van der Waals surface area contributed by atoms with E-state index in [9.17, 15) is 4.79 Å². The molecule has 3 atom stereocenters. The third-order valence-electron chi connectivity index (χ3n) is 5.28. The van der Waals surface area contributed by atoms with E-state index in [4.69, 9.17) is 9.47 Å². The normalized spacial score (nSPS) is 29.7. The lowest BCUT2D eigenvalue weighted by Gasteiger charge is -2.38. The van der Waals surface area contributed by atoms with E-state index in [0.29, 0.717) is 31.8 Å². The highest BCUT2D eigenvalue weighted by Gasteiger charge is 2.36. The first-order valence-corrected chi connectivity index (χ1v) is 9.89. The highest BCUT2D eigenvalue weighted by atomic mass is 16.6. The zero-order chi connectivity index (χ0) is 18.0. The fourth-order valence-electron chi connectivity index (χ4n) is 3.98. The average molecular weight is 354 g/mol. The number of carbonyl (C=O) groups is 1. The van der Waals surface area contributed by atoms with Crippen LogP contribution >= 0.6 is 0 Å². The molecular formula is C19H35N3O3. The van der Waals surface area contributed by atoms with Gasteiger partial charge in [0.05, 0.1) is 19.3 Å². The maximum Gasteiger partial charge on any atom is 0.410 e. The molecule has 1 amide bonds. The fourth-order valence-corrected chi connectivity index (χ4v) is 3.98. The molecule has 3 fully saturated rings. The van der Waals surface area contributed by atoms with E-state index in [0.717, 1.165) is 12.5 Å². The Morgan fingerprint density at radius 1 is 1.28 bits per heavy atom. The van der Waals surface area contributed by atoms with Crippen LogP contribution in [-0.2, 0) is 9.47 Å². The van der Waals surface area contributed by atoms with Gasteiger partial charge in [-0.15, -0.1) is 0 Å². The average Bonchev–Trinajstić information content (AvgIpc) is 3.26. The van der Waals surface area contributed by atoms with E-state index in [1.165, 1.54) is 32.4 Å². The van der Waals surface area contributed by atoms with Crippen molar-refractivity contribution in [2.75, 3.05) is 32.8 Å². The highest BCUT2D eigenvalue weighted by Crippen LogP contribution is 2.30. The first kappa shape index (κ1) is 18.9. The third kappa shape index (κ3) is 5.56. The fraction of sp³-hybridized carbons (Fsp3) is 0.947. The molecule has 3 rings (SSSR count). The van der Waals surface area contributed by atoms with Gasteiger partial charge in [-0.2, -0.15) is 0 Å². The molecule has 6 heteroatoms. The van der Waals surface area contributed by atoms with Crippen LogP contribution in [0, 0.1) is 0 Å². The van der Waals surface area contributed by atoms with Crippen molar-refractivity contribution in [3.63, 3.8) is 0 Å². The lowest BCUT2D eigenvalue weighted by Crippen LogP contribution is -2.53. The predicted octanol–water partition coefficient (Wildman–Crippen LogP) is 2.23. The summed E-state index contributed by atoms with van der Waals surface area (Å²) in [6, 6.07) is 1.89. The van der Waals surface area contributed by atoms with Crippen molar-refractivity contribution in [1.82, 2.24) is 15.1 Å². The van der Waals surface area contributed by atoms with Crippen molar-refractivity contribution in [2.45, 2.75) is 83.1 Å². The number of nitrogens with one attached hydrogen (secondary N) is 1. The molecule has 0 spiro atoms. The Bertz CT molecular complexity index is 461. The second-order valence-electron chi connectivity index (χ2n) is 8.92. The van der Waals surface area contributed by atoms with E-state index >= 15 is 0 Å². The Morgan fingerprint density at radius 2 is 2.04 bits per heavy atom. The molecule has 144 valence electrons. The number of amides is 1. The lowest BCUT2D eigenvalue weighted by atomic mass is 10.1. The minimum absolute atomic E-state index is 0.0899. The maximum absolute atomic E-state index is 12.5. The molecule has 1 aliphatic carbocycles. The zero-order valence-electron chi connectivity index (χ0n) is 16.3. The summed E-state index contributed by atoms with van der Waals surface area (Å²) < 4.78 is 11.2. The quantitative estimate of drug-likeness (QED) is 0.821. The van der Waals surface area contributed by atoms with Gasteiger partial charge in [-0.25, -0.2) is 4.79 Å². The molecule has 25 heavy (non-hydrogen) atoms. The summed E-state index contributed by atoms with van der Waals surface area (Å²) in [4.78, 5) is 17.0. The summed E-state index contributed by atoms with van der Waals surface area (Å²) in [7, 11) is 0. The molecule has 3 unspecified atom stereocenters. The SMILES string of the molecule is CC(CC1COCCN1C(=O)OC(C)(C)C)NC1CCN(C2CC2)C1. The van der Waals surface area contributed by atoms with Gasteiger partial charge in [0.2, 0.25) is 0 Å². The number of ether oxygens (including phenoxy) is 2. The van der Waals surface area contributed by atoms with E-state index in [1.807, 2.05) is 25.7 Å². The van der Waals surface area contributed by atoms with Crippen LogP contribution in [0.15, 0.2) is 0 Å². The third-order valence-corrected chi connectivity index (χ3v) is 5.28. The highest BCUT2D eigenvalue weighted by molar-refractivity contribution is 5.68. The predicted molar refractivity (Wildman–Crippen MR) is 97.8 cm³/mol. The molecular weight excluding hydrogens is 318 g/mol. The topological polar surface area (TPSA) is 54.0 Å². The van der Waals surface area contributed by atoms with Gasteiger partial charge < -0.3 is 19.7 Å². The van der Waals surface area contributed by atoms with Crippen LogP contribution in [0.3, 0.4) is 0 Å². The summed E-state index contributed by atoms with van der Waals surface area (Å²) in [6.45, 7) is 12.2. The zero-order valence-corrected chi connectivity index (χ0v) is 16.3. The minimum atomic E-state index is -0.458. The summed E-state index contributed by atoms with van der Waals surface area (Å²) in [5, 5.41) is 3.77. The lowest BCUT2D eigenvalue weighted by molar-refractivity contribution is -0.0357. The molecule has 1 saturated carbocycles. The van der Waals surface area contributed by atoms with Gasteiger partial charge in [0, 0.05) is 37.8 Å². The Labute approximate surface area is 152 Å². The molecule has 0 aromatic rings. The number of nitrogens with zero attached hydrogens (tertiary/aromatic N) is 2. The van der Waals surface area contributed by atoms with Crippen molar-refractivity contribution < 1.29 is 14.3 Å². The standard InChI is InChI=1S/C19H35N3O3/c1-14(20-15-7-8-21(12-15)16-5-6-16)11-17-13-24-10-9-22(17)18(23)25-19(2,3)4/h14-17,20H,5-13H2,1-4H3. The first-order chi connectivity index (χ1) is 11.8. The van der Waals surface area contributed by atoms with Gasteiger partial charge in [0.25, 0.3) is 0 Å². The summed E-state index contributed by atoms with van der Waals surface area (Å²) >= 11 is 0. The van der Waals surface area contributed by atoms with Crippen LogP contribution in [0.5, 0.6) is 0 Å². The molecule has 3 aliphatic rings. The van der Waals surface area contributed by atoms with Gasteiger partial charge in [0.15, 0.2) is 0 Å². The first-order valence-electron chi connectivity index (χ1n) is 9.89. The van der Waals surface area contributed by atoms with Crippen molar-refractivity contribution in [3.05, 3.63) is 0 Å². The number of carbonyl (C=O) groups excluding carboxylic acids is 1. The van der Waals surface area contributed by atoms with E-state index in [2.05, 4.69) is 17.1 Å². The van der Waals surface area contributed by atoms with Crippen LogP contribution in [0.4, 0.5) is 4.79 Å². The number of rotatable bonds is 5. The molecule has 0 bridgehead atoms.